The molecule has 1 aliphatic rings. The van der Waals surface area contributed by atoms with E-state index in [0.717, 1.165) is 12.0 Å². The first-order valence-electron chi connectivity index (χ1n) is 8.23. The lowest BCUT2D eigenvalue weighted by Crippen LogP contribution is -2.50. The molecule has 7 heteroatoms. The average Bonchev–Trinajstić information content (AvgIpc) is 2.59. The Kier molecular flexibility index (Phi) is 5.77. The summed E-state index contributed by atoms with van der Waals surface area (Å²) in [5, 5.41) is 0. The van der Waals surface area contributed by atoms with Crippen molar-refractivity contribution < 1.29 is 23.8 Å². The quantitative estimate of drug-likeness (QED) is 0.778. The maximum atomic E-state index is 12.1. The number of benzene rings is 1. The van der Waals surface area contributed by atoms with E-state index in [-0.39, 0.29) is 6.09 Å². The van der Waals surface area contributed by atoms with Crippen LogP contribution in [0.5, 0.6) is 11.5 Å². The van der Waals surface area contributed by atoms with E-state index in [9.17, 15) is 9.59 Å². The monoisotopic (exact) mass is 350 g/mol. The van der Waals surface area contributed by atoms with Gasteiger partial charge in [-0.15, -0.1) is 0 Å². The minimum Gasteiger partial charge on any atom is -0.496 e. The maximum Gasteiger partial charge on any atom is 0.410 e. The van der Waals surface area contributed by atoms with E-state index >= 15 is 0 Å². The van der Waals surface area contributed by atoms with Crippen LogP contribution in [0.4, 0.5) is 10.5 Å². The summed E-state index contributed by atoms with van der Waals surface area (Å²) in [6.07, 6.45) is 0.431. The molecule has 0 bridgehead atoms. The molecule has 0 aliphatic carbocycles. The van der Waals surface area contributed by atoms with Gasteiger partial charge < -0.3 is 24.0 Å². The number of carbonyl (C=O) groups is 2. The largest absolute Gasteiger partial charge is 0.496 e. The van der Waals surface area contributed by atoms with Gasteiger partial charge in [-0.3, -0.25) is 4.79 Å². The molecule has 1 aliphatic heterocycles. The third-order valence-electron chi connectivity index (χ3n) is 3.94. The summed E-state index contributed by atoms with van der Waals surface area (Å²) < 4.78 is 16.0. The van der Waals surface area contributed by atoms with Crippen LogP contribution in [0.2, 0.25) is 0 Å². The summed E-state index contributed by atoms with van der Waals surface area (Å²) in [4.78, 5) is 27.2. The minimum absolute atomic E-state index is 0.293. The Balaban J connectivity index is 2.10. The lowest BCUT2D eigenvalue weighted by Gasteiger charge is -2.37. The molecule has 0 radical (unpaired) electrons. The van der Waals surface area contributed by atoms with Crippen LogP contribution in [-0.4, -0.2) is 63.3 Å². The van der Waals surface area contributed by atoms with Crippen LogP contribution in [0, 0.1) is 0 Å². The second-order valence-corrected chi connectivity index (χ2v) is 6.84. The Hall–Kier alpha value is -2.44. The lowest BCUT2D eigenvalue weighted by atomic mass is 10.1. The van der Waals surface area contributed by atoms with Gasteiger partial charge >= 0.3 is 6.09 Å². The molecule has 1 amide bonds. The first kappa shape index (κ1) is 18.9. The number of methoxy groups -OCH3 is 2. The van der Waals surface area contributed by atoms with Crippen molar-refractivity contribution >= 4 is 18.1 Å². The molecule has 0 N–H and O–H groups in total. The Labute approximate surface area is 148 Å². The molecule has 0 unspecified atom stereocenters. The Bertz CT molecular complexity index is 606. The normalized spacial score (nSPS) is 14.9. The molecule has 0 saturated carbocycles. The summed E-state index contributed by atoms with van der Waals surface area (Å²) in [6, 6.07) is 3.63. The van der Waals surface area contributed by atoms with Crippen LogP contribution < -0.4 is 14.4 Å². The highest BCUT2D eigenvalue weighted by molar-refractivity contribution is 5.85. The van der Waals surface area contributed by atoms with Gasteiger partial charge in [-0.25, -0.2) is 4.79 Å². The number of piperazine rings is 1. The van der Waals surface area contributed by atoms with E-state index in [1.165, 1.54) is 14.2 Å². The zero-order valence-electron chi connectivity index (χ0n) is 15.5. The van der Waals surface area contributed by atoms with E-state index in [1.807, 2.05) is 32.9 Å². The fourth-order valence-corrected chi connectivity index (χ4v) is 2.70. The first-order chi connectivity index (χ1) is 11.8. The number of aldehydes is 1. The van der Waals surface area contributed by atoms with Crippen LogP contribution in [0.25, 0.3) is 0 Å². The van der Waals surface area contributed by atoms with Crippen molar-refractivity contribution in [2.45, 2.75) is 26.4 Å². The molecule has 0 atom stereocenters. The third kappa shape index (κ3) is 4.55. The van der Waals surface area contributed by atoms with Gasteiger partial charge in [0.2, 0.25) is 0 Å². The Morgan fingerprint density at radius 3 is 1.96 bits per heavy atom. The second-order valence-electron chi connectivity index (χ2n) is 6.84. The van der Waals surface area contributed by atoms with Crippen molar-refractivity contribution in [3.63, 3.8) is 0 Å². The fourth-order valence-electron chi connectivity index (χ4n) is 2.70. The van der Waals surface area contributed by atoms with Gasteiger partial charge in [0, 0.05) is 44.0 Å². The van der Waals surface area contributed by atoms with Crippen LogP contribution in [0.3, 0.4) is 0 Å². The first-order valence-corrected chi connectivity index (χ1v) is 8.23. The molecule has 0 spiro atoms. The van der Waals surface area contributed by atoms with Crippen LogP contribution in [0.1, 0.15) is 31.1 Å². The predicted octanol–water partition coefficient (Wildman–Crippen LogP) is 2.57. The molecule has 138 valence electrons. The second kappa shape index (κ2) is 7.63. The van der Waals surface area contributed by atoms with Gasteiger partial charge in [0.25, 0.3) is 0 Å². The van der Waals surface area contributed by atoms with Gasteiger partial charge in [0.1, 0.15) is 17.1 Å². The molecule has 25 heavy (non-hydrogen) atoms. The Morgan fingerprint density at radius 1 is 1.04 bits per heavy atom. The standard InChI is InChI=1S/C18H26N2O5/c1-18(2,3)25-17(22)20-8-6-19(7-9-20)13-10-15(23-4)14(12-21)16(11-13)24-5/h10-12H,6-9H2,1-5H3. The number of amides is 1. The predicted molar refractivity (Wildman–Crippen MR) is 95.0 cm³/mol. The SMILES string of the molecule is COc1cc(N2CCN(C(=O)OC(C)(C)C)CC2)cc(OC)c1C=O. The molecular formula is C18H26N2O5. The number of ether oxygens (including phenoxy) is 3. The fraction of sp³-hybridized carbons (Fsp3) is 0.556. The minimum atomic E-state index is -0.500. The van der Waals surface area contributed by atoms with E-state index in [2.05, 4.69) is 4.90 Å². The molecule has 1 fully saturated rings. The smallest absolute Gasteiger partial charge is 0.410 e. The summed E-state index contributed by atoms with van der Waals surface area (Å²) >= 11 is 0. The lowest BCUT2D eigenvalue weighted by molar-refractivity contribution is 0.0240. The zero-order chi connectivity index (χ0) is 18.6. The molecule has 1 heterocycles. The van der Waals surface area contributed by atoms with Gasteiger partial charge in [-0.2, -0.15) is 0 Å². The third-order valence-corrected chi connectivity index (χ3v) is 3.94. The van der Waals surface area contributed by atoms with Crippen molar-refractivity contribution in [3.05, 3.63) is 17.7 Å². The molecule has 1 aromatic rings. The highest BCUT2D eigenvalue weighted by Crippen LogP contribution is 2.33. The molecule has 2 rings (SSSR count). The molecule has 1 saturated heterocycles. The van der Waals surface area contributed by atoms with E-state index in [4.69, 9.17) is 14.2 Å². The molecule has 7 nitrogen and oxygen atoms in total. The topological polar surface area (TPSA) is 68.3 Å². The summed E-state index contributed by atoms with van der Waals surface area (Å²) in [7, 11) is 3.04. The van der Waals surface area contributed by atoms with Gasteiger partial charge in [0.05, 0.1) is 19.8 Å². The van der Waals surface area contributed by atoms with Crippen molar-refractivity contribution in [3.8, 4) is 11.5 Å². The number of hydrogen-bond donors (Lipinski definition) is 0. The highest BCUT2D eigenvalue weighted by atomic mass is 16.6. The van der Waals surface area contributed by atoms with Crippen LogP contribution in [-0.2, 0) is 4.74 Å². The number of nitrogens with zero attached hydrogens (tertiary/aromatic N) is 2. The zero-order valence-corrected chi connectivity index (χ0v) is 15.5. The van der Waals surface area contributed by atoms with Gasteiger partial charge in [-0.05, 0) is 20.8 Å². The summed E-state index contributed by atoms with van der Waals surface area (Å²) in [5.74, 6) is 0.942. The van der Waals surface area contributed by atoms with Crippen molar-refractivity contribution in [1.82, 2.24) is 4.90 Å². The highest BCUT2D eigenvalue weighted by Gasteiger charge is 2.26. The van der Waals surface area contributed by atoms with E-state index < -0.39 is 5.60 Å². The molecular weight excluding hydrogens is 324 g/mol. The van der Waals surface area contributed by atoms with Gasteiger partial charge in [-0.1, -0.05) is 0 Å². The number of hydrogen-bond acceptors (Lipinski definition) is 6. The average molecular weight is 350 g/mol. The van der Waals surface area contributed by atoms with E-state index in [0.29, 0.717) is 43.2 Å². The van der Waals surface area contributed by atoms with Gasteiger partial charge in [0.15, 0.2) is 6.29 Å². The number of rotatable bonds is 4. The molecule has 1 aromatic carbocycles. The maximum absolute atomic E-state index is 12.1. The van der Waals surface area contributed by atoms with Crippen molar-refractivity contribution in [2.75, 3.05) is 45.3 Å². The summed E-state index contributed by atoms with van der Waals surface area (Å²) in [6.45, 7) is 8.01. The Morgan fingerprint density at radius 2 is 1.56 bits per heavy atom. The number of carbonyl (C=O) groups excluding carboxylic acids is 2. The van der Waals surface area contributed by atoms with Crippen LogP contribution in [0.15, 0.2) is 12.1 Å². The van der Waals surface area contributed by atoms with Crippen molar-refractivity contribution in [1.29, 1.82) is 0 Å². The number of anilines is 1. The van der Waals surface area contributed by atoms with E-state index in [1.54, 1.807) is 4.90 Å². The molecule has 0 aromatic heterocycles. The van der Waals surface area contributed by atoms with Crippen LogP contribution >= 0.6 is 0 Å². The summed E-state index contributed by atoms with van der Waals surface area (Å²) in [5.41, 5.74) is 0.781. The van der Waals surface area contributed by atoms with Crippen molar-refractivity contribution in [2.24, 2.45) is 0 Å².